The Morgan fingerprint density at radius 3 is 2.90 bits per heavy atom. The predicted molar refractivity (Wildman–Crippen MR) is 106 cm³/mol. The molecule has 1 aromatic carbocycles. The van der Waals surface area contributed by atoms with Crippen LogP contribution in [-0.2, 0) is 9.53 Å². The summed E-state index contributed by atoms with van der Waals surface area (Å²) in [5.74, 6) is 0.678. The molecule has 8 nitrogen and oxygen atoms in total. The van der Waals surface area contributed by atoms with Gasteiger partial charge in [-0.25, -0.2) is 9.67 Å². The average Bonchev–Trinajstić information content (AvgIpc) is 3.32. The van der Waals surface area contributed by atoms with Gasteiger partial charge in [0.05, 0.1) is 24.5 Å². The number of carbonyl (C=O) groups is 1. The molecule has 0 saturated carbocycles. The fraction of sp³-hybridized carbons (Fsp3) is 0.238. The quantitative estimate of drug-likeness (QED) is 0.598. The van der Waals surface area contributed by atoms with Crippen molar-refractivity contribution < 1.29 is 14.3 Å². The van der Waals surface area contributed by atoms with Crippen LogP contribution in [-0.4, -0.2) is 63.0 Å². The van der Waals surface area contributed by atoms with Crippen LogP contribution in [0, 0.1) is 0 Å². The van der Waals surface area contributed by atoms with Crippen LogP contribution >= 0.6 is 0 Å². The molecule has 3 heterocycles. The molecule has 1 aliphatic rings. The van der Waals surface area contributed by atoms with Gasteiger partial charge in [-0.3, -0.25) is 9.78 Å². The van der Waals surface area contributed by atoms with Crippen LogP contribution in [0.5, 0.6) is 5.75 Å². The lowest BCUT2D eigenvalue weighted by Gasteiger charge is -2.32. The zero-order valence-electron chi connectivity index (χ0n) is 15.8. The second kappa shape index (κ2) is 9.11. The van der Waals surface area contributed by atoms with Crippen LogP contribution in [0.1, 0.15) is 5.69 Å². The summed E-state index contributed by atoms with van der Waals surface area (Å²) in [5, 5.41) is 4.09. The molecule has 2 aromatic heterocycles. The molecule has 3 aromatic rings. The predicted octanol–water partition coefficient (Wildman–Crippen LogP) is 1.98. The van der Waals surface area contributed by atoms with E-state index >= 15 is 0 Å². The summed E-state index contributed by atoms with van der Waals surface area (Å²) < 4.78 is 13.3. The van der Waals surface area contributed by atoms with Gasteiger partial charge < -0.3 is 14.4 Å². The number of hydrogen-bond acceptors (Lipinski definition) is 6. The highest BCUT2D eigenvalue weighted by molar-refractivity contribution is 5.91. The first-order valence-corrected chi connectivity index (χ1v) is 9.35. The maximum absolute atomic E-state index is 12.4. The maximum Gasteiger partial charge on any atom is 0.246 e. The molecule has 4 rings (SSSR count). The lowest BCUT2D eigenvalue weighted by Crippen LogP contribution is -2.47. The fourth-order valence-corrected chi connectivity index (χ4v) is 2.98. The van der Waals surface area contributed by atoms with E-state index in [4.69, 9.17) is 9.47 Å². The third kappa shape index (κ3) is 5.05. The molecule has 0 N–H and O–H groups in total. The third-order valence-electron chi connectivity index (χ3n) is 4.49. The van der Waals surface area contributed by atoms with Crippen molar-refractivity contribution in [2.75, 3.05) is 26.3 Å². The minimum atomic E-state index is -0.175. The largest absolute Gasteiger partial charge is 0.491 e. The van der Waals surface area contributed by atoms with Gasteiger partial charge in [0, 0.05) is 18.8 Å². The summed E-state index contributed by atoms with van der Waals surface area (Å²) in [6.45, 7) is 1.91. The third-order valence-corrected chi connectivity index (χ3v) is 4.49. The summed E-state index contributed by atoms with van der Waals surface area (Å²) in [7, 11) is 0. The molecule has 8 heteroatoms. The smallest absolute Gasteiger partial charge is 0.246 e. The minimum Gasteiger partial charge on any atom is -0.491 e. The zero-order valence-corrected chi connectivity index (χ0v) is 15.8. The number of hydrogen-bond donors (Lipinski definition) is 0. The van der Waals surface area contributed by atoms with Crippen LogP contribution in [0.15, 0.2) is 67.4 Å². The molecule has 1 amide bonds. The van der Waals surface area contributed by atoms with E-state index in [0.29, 0.717) is 26.3 Å². The lowest BCUT2D eigenvalue weighted by molar-refractivity contribution is -0.134. The van der Waals surface area contributed by atoms with Crippen molar-refractivity contribution in [3.05, 3.63) is 73.1 Å². The molecule has 0 aliphatic carbocycles. The minimum absolute atomic E-state index is 0.0545. The Morgan fingerprint density at radius 1 is 1.24 bits per heavy atom. The number of benzene rings is 1. The van der Waals surface area contributed by atoms with Gasteiger partial charge in [-0.05, 0) is 42.5 Å². The summed E-state index contributed by atoms with van der Waals surface area (Å²) >= 11 is 0. The zero-order chi connectivity index (χ0) is 19.9. The highest BCUT2D eigenvalue weighted by atomic mass is 16.5. The first kappa shape index (κ1) is 18.8. The van der Waals surface area contributed by atoms with Gasteiger partial charge in [0.15, 0.2) is 0 Å². The number of aromatic nitrogens is 4. The molecule has 1 saturated heterocycles. The normalized spacial score (nSPS) is 16.8. The van der Waals surface area contributed by atoms with E-state index in [-0.39, 0.29) is 12.0 Å². The molecule has 0 spiro atoms. The molecule has 1 fully saturated rings. The topological polar surface area (TPSA) is 82.4 Å². The Morgan fingerprint density at radius 2 is 2.14 bits per heavy atom. The monoisotopic (exact) mass is 391 g/mol. The fourth-order valence-electron chi connectivity index (χ4n) is 2.98. The molecule has 0 bridgehead atoms. The lowest BCUT2D eigenvalue weighted by atomic mass is 10.2. The van der Waals surface area contributed by atoms with Gasteiger partial charge in [-0.15, -0.1) is 0 Å². The van der Waals surface area contributed by atoms with Crippen molar-refractivity contribution in [1.29, 1.82) is 0 Å². The SMILES string of the molecule is O=C(/C=C/c1ccccn1)N1CCOC(COc2ccc(-n3cncn3)cc2)C1. The van der Waals surface area contributed by atoms with E-state index in [2.05, 4.69) is 15.1 Å². The van der Waals surface area contributed by atoms with Gasteiger partial charge in [0.2, 0.25) is 5.91 Å². The summed E-state index contributed by atoms with van der Waals surface area (Å²) in [6, 6.07) is 13.1. The van der Waals surface area contributed by atoms with E-state index in [1.165, 1.54) is 6.33 Å². The van der Waals surface area contributed by atoms with E-state index in [0.717, 1.165) is 17.1 Å². The van der Waals surface area contributed by atoms with Crippen molar-refractivity contribution in [2.24, 2.45) is 0 Å². The second-order valence-corrected chi connectivity index (χ2v) is 6.51. The molecular weight excluding hydrogens is 370 g/mol. The molecule has 1 atom stereocenters. The van der Waals surface area contributed by atoms with Crippen molar-refractivity contribution in [1.82, 2.24) is 24.6 Å². The number of rotatable bonds is 6. The van der Waals surface area contributed by atoms with Crippen molar-refractivity contribution >= 4 is 12.0 Å². The van der Waals surface area contributed by atoms with Crippen LogP contribution in [0.4, 0.5) is 0 Å². The summed E-state index contributed by atoms with van der Waals surface area (Å²) in [5.41, 5.74) is 1.66. The van der Waals surface area contributed by atoms with E-state index in [1.807, 2.05) is 42.5 Å². The van der Waals surface area contributed by atoms with E-state index in [9.17, 15) is 4.79 Å². The molecule has 1 unspecified atom stereocenters. The molecular formula is C21H21N5O3. The number of ether oxygens (including phenoxy) is 2. The highest BCUT2D eigenvalue weighted by Crippen LogP contribution is 2.16. The highest BCUT2D eigenvalue weighted by Gasteiger charge is 2.23. The Hall–Kier alpha value is -3.52. The molecule has 1 aliphatic heterocycles. The Labute approximate surface area is 168 Å². The summed E-state index contributed by atoms with van der Waals surface area (Å²) in [6.07, 6.45) is 7.92. The van der Waals surface area contributed by atoms with Gasteiger partial charge in [0.25, 0.3) is 0 Å². The Bertz CT molecular complexity index is 942. The maximum atomic E-state index is 12.4. The number of nitrogens with zero attached hydrogens (tertiary/aromatic N) is 5. The van der Waals surface area contributed by atoms with Crippen molar-refractivity contribution in [2.45, 2.75) is 6.10 Å². The Kier molecular flexibility index (Phi) is 5.92. The summed E-state index contributed by atoms with van der Waals surface area (Å²) in [4.78, 5) is 22.3. The number of amides is 1. The number of pyridine rings is 1. The number of morpholine rings is 1. The van der Waals surface area contributed by atoms with Gasteiger partial charge >= 0.3 is 0 Å². The molecule has 148 valence electrons. The first-order chi connectivity index (χ1) is 14.3. The van der Waals surface area contributed by atoms with Crippen molar-refractivity contribution in [3.63, 3.8) is 0 Å². The van der Waals surface area contributed by atoms with Crippen LogP contribution < -0.4 is 4.74 Å². The average molecular weight is 391 g/mol. The standard InChI is InChI=1S/C21H21N5O3/c27-21(9-4-17-3-1-2-10-23-17)25-11-12-28-20(13-25)14-29-19-7-5-18(6-8-19)26-16-22-15-24-26/h1-10,15-16,20H,11-14H2/b9-4+. The second-order valence-electron chi connectivity index (χ2n) is 6.51. The van der Waals surface area contributed by atoms with Crippen molar-refractivity contribution in [3.8, 4) is 11.4 Å². The van der Waals surface area contributed by atoms with Gasteiger partial charge in [-0.2, -0.15) is 5.10 Å². The Balaban J connectivity index is 1.28. The van der Waals surface area contributed by atoms with E-state index in [1.54, 1.807) is 34.3 Å². The van der Waals surface area contributed by atoms with Gasteiger partial charge in [0.1, 0.15) is 31.1 Å². The van der Waals surface area contributed by atoms with E-state index < -0.39 is 0 Å². The molecule has 29 heavy (non-hydrogen) atoms. The first-order valence-electron chi connectivity index (χ1n) is 9.35. The van der Waals surface area contributed by atoms with Gasteiger partial charge in [-0.1, -0.05) is 6.07 Å². The van der Waals surface area contributed by atoms with Crippen LogP contribution in [0.25, 0.3) is 11.8 Å². The van der Waals surface area contributed by atoms with Crippen LogP contribution in [0.3, 0.4) is 0 Å². The van der Waals surface area contributed by atoms with Crippen LogP contribution in [0.2, 0.25) is 0 Å². The molecule has 0 radical (unpaired) electrons. The number of carbonyl (C=O) groups excluding carboxylic acids is 1.